The molecule has 0 heterocycles. The predicted molar refractivity (Wildman–Crippen MR) is 89.1 cm³/mol. The van der Waals surface area contributed by atoms with Gasteiger partial charge in [0.2, 0.25) is 0 Å². The molecule has 2 aliphatic rings. The summed E-state index contributed by atoms with van der Waals surface area (Å²) < 4.78 is 11.2. The quantitative estimate of drug-likeness (QED) is 0.441. The molecule has 5 heteroatoms. The van der Waals surface area contributed by atoms with Gasteiger partial charge in [-0.05, 0) is 38.7 Å². The third-order valence-corrected chi connectivity index (χ3v) is 5.19. The van der Waals surface area contributed by atoms with Crippen molar-refractivity contribution in [2.24, 2.45) is 11.3 Å². The highest BCUT2D eigenvalue weighted by Gasteiger charge is 2.59. The highest BCUT2D eigenvalue weighted by atomic mass is 16.6. The Bertz CT molecular complexity index is 638. The number of carbonyl (C=O) groups is 3. The number of hydrogen-bond acceptors (Lipinski definition) is 5. The maximum atomic E-state index is 12.6. The van der Waals surface area contributed by atoms with Crippen molar-refractivity contribution in [3.05, 3.63) is 22.8 Å². The number of esters is 2. The zero-order valence-electron chi connectivity index (χ0n) is 15.3. The molecule has 0 N–H and O–H groups in total. The topological polar surface area (TPSA) is 69.7 Å². The fourth-order valence-electron chi connectivity index (χ4n) is 4.29. The van der Waals surface area contributed by atoms with E-state index in [0.717, 1.165) is 16.7 Å². The molecule has 0 saturated heterocycles. The Balaban J connectivity index is 2.65. The van der Waals surface area contributed by atoms with E-state index in [9.17, 15) is 14.4 Å². The largest absolute Gasteiger partial charge is 0.457 e. The van der Waals surface area contributed by atoms with Crippen LogP contribution in [0.15, 0.2) is 22.8 Å². The number of Topliss-reactive ketones (excluding diaryl/α,β-unsaturated/α-hetero) is 1. The molecule has 2 rings (SSSR count). The second-order valence-corrected chi connectivity index (χ2v) is 7.16. The van der Waals surface area contributed by atoms with Gasteiger partial charge in [0, 0.05) is 31.3 Å². The maximum absolute atomic E-state index is 12.6. The van der Waals surface area contributed by atoms with Crippen molar-refractivity contribution in [1.82, 2.24) is 0 Å². The fourth-order valence-corrected chi connectivity index (χ4v) is 4.29. The van der Waals surface area contributed by atoms with Crippen molar-refractivity contribution in [2.75, 3.05) is 0 Å². The molecule has 5 nitrogen and oxygen atoms in total. The van der Waals surface area contributed by atoms with Gasteiger partial charge in [-0.25, -0.2) is 0 Å². The summed E-state index contributed by atoms with van der Waals surface area (Å²) in [6.07, 6.45) is 1.67. The summed E-state index contributed by atoms with van der Waals surface area (Å²) in [6, 6.07) is 0. The molecule has 4 atom stereocenters. The number of rotatable bonds is 2. The number of carbonyl (C=O) groups excluding carboxylic acids is 3. The smallest absolute Gasteiger partial charge is 0.303 e. The molecule has 0 aliphatic heterocycles. The van der Waals surface area contributed by atoms with Gasteiger partial charge in [-0.3, -0.25) is 14.4 Å². The summed E-state index contributed by atoms with van der Waals surface area (Å²) in [4.78, 5) is 36.0. The van der Waals surface area contributed by atoms with Crippen LogP contribution >= 0.6 is 0 Å². The van der Waals surface area contributed by atoms with E-state index in [1.54, 1.807) is 0 Å². The SMILES string of the molecule is CC(=O)OC1C(C)=CCC2(C(=C(C)C)C(=O)CC2C)C1OC(C)=O. The van der Waals surface area contributed by atoms with Gasteiger partial charge in [0.1, 0.15) is 0 Å². The first kappa shape index (κ1) is 18.4. The Labute approximate surface area is 143 Å². The van der Waals surface area contributed by atoms with Crippen molar-refractivity contribution < 1.29 is 23.9 Å². The Kier molecular flexibility index (Phi) is 5.02. The standard InChI is InChI=1S/C19H26O5/c1-10(2)16-15(22)9-12(4)19(16)8-7-11(3)17(23-13(5)20)18(19)24-14(6)21/h7,12,17-18H,8-9H2,1-6H3. The lowest BCUT2D eigenvalue weighted by molar-refractivity contribution is -0.175. The molecule has 1 fully saturated rings. The minimum Gasteiger partial charge on any atom is -0.457 e. The van der Waals surface area contributed by atoms with Crippen molar-refractivity contribution >= 4 is 17.7 Å². The Hall–Kier alpha value is -1.91. The van der Waals surface area contributed by atoms with Crippen LogP contribution in [-0.4, -0.2) is 29.9 Å². The molecule has 0 aromatic carbocycles. The van der Waals surface area contributed by atoms with Crippen LogP contribution in [0.4, 0.5) is 0 Å². The van der Waals surface area contributed by atoms with Crippen molar-refractivity contribution in [3.63, 3.8) is 0 Å². The van der Waals surface area contributed by atoms with Gasteiger partial charge < -0.3 is 9.47 Å². The molecule has 132 valence electrons. The van der Waals surface area contributed by atoms with E-state index in [4.69, 9.17) is 9.47 Å². The van der Waals surface area contributed by atoms with Gasteiger partial charge in [-0.2, -0.15) is 0 Å². The number of allylic oxidation sites excluding steroid dienone is 2. The van der Waals surface area contributed by atoms with Crippen LogP contribution in [0.25, 0.3) is 0 Å². The van der Waals surface area contributed by atoms with Crippen molar-refractivity contribution in [3.8, 4) is 0 Å². The Morgan fingerprint density at radius 2 is 1.71 bits per heavy atom. The van der Waals surface area contributed by atoms with Crippen LogP contribution in [0.5, 0.6) is 0 Å². The fraction of sp³-hybridized carbons (Fsp3) is 0.632. The second-order valence-electron chi connectivity index (χ2n) is 7.16. The first-order valence-electron chi connectivity index (χ1n) is 8.33. The molecule has 0 aromatic rings. The Morgan fingerprint density at radius 3 is 2.21 bits per heavy atom. The van der Waals surface area contributed by atoms with E-state index >= 15 is 0 Å². The van der Waals surface area contributed by atoms with Gasteiger partial charge in [-0.15, -0.1) is 0 Å². The first-order valence-corrected chi connectivity index (χ1v) is 8.33. The molecule has 2 aliphatic carbocycles. The zero-order valence-corrected chi connectivity index (χ0v) is 15.3. The predicted octanol–water partition coefficient (Wildman–Crippen LogP) is 3.13. The third-order valence-electron chi connectivity index (χ3n) is 5.19. The third kappa shape index (κ3) is 2.92. The van der Waals surface area contributed by atoms with E-state index in [1.165, 1.54) is 13.8 Å². The van der Waals surface area contributed by atoms with E-state index in [0.29, 0.717) is 12.8 Å². The molecule has 0 amide bonds. The summed E-state index contributed by atoms with van der Waals surface area (Å²) in [7, 11) is 0. The molecule has 0 aromatic heterocycles. The molecule has 0 bridgehead atoms. The van der Waals surface area contributed by atoms with Crippen molar-refractivity contribution in [1.29, 1.82) is 0 Å². The van der Waals surface area contributed by atoms with Gasteiger partial charge in [0.15, 0.2) is 18.0 Å². The monoisotopic (exact) mass is 334 g/mol. The van der Waals surface area contributed by atoms with Gasteiger partial charge >= 0.3 is 11.9 Å². The number of ether oxygens (including phenoxy) is 2. The van der Waals surface area contributed by atoms with Crippen LogP contribution in [0.2, 0.25) is 0 Å². The highest BCUT2D eigenvalue weighted by Crippen LogP contribution is 2.56. The van der Waals surface area contributed by atoms with Crippen LogP contribution in [0.3, 0.4) is 0 Å². The van der Waals surface area contributed by atoms with E-state index in [-0.39, 0.29) is 11.7 Å². The highest BCUT2D eigenvalue weighted by molar-refractivity contribution is 6.00. The molecule has 1 spiro atoms. The summed E-state index contributed by atoms with van der Waals surface area (Å²) in [5.41, 5.74) is 1.86. The molecule has 1 saturated carbocycles. The number of hydrogen-bond donors (Lipinski definition) is 0. The molecule has 0 radical (unpaired) electrons. The number of ketones is 1. The lowest BCUT2D eigenvalue weighted by Gasteiger charge is -2.46. The molecular formula is C19H26O5. The van der Waals surface area contributed by atoms with E-state index in [2.05, 4.69) is 0 Å². The van der Waals surface area contributed by atoms with Gasteiger partial charge in [0.25, 0.3) is 0 Å². The van der Waals surface area contributed by atoms with Crippen LogP contribution in [0.1, 0.15) is 54.4 Å². The summed E-state index contributed by atoms with van der Waals surface area (Å²) in [5.74, 6) is -0.778. The van der Waals surface area contributed by atoms with Crippen LogP contribution < -0.4 is 0 Å². The molecule has 4 unspecified atom stereocenters. The van der Waals surface area contributed by atoms with Gasteiger partial charge in [-0.1, -0.05) is 18.6 Å². The van der Waals surface area contributed by atoms with E-state index < -0.39 is 29.6 Å². The summed E-state index contributed by atoms with van der Waals surface area (Å²) in [6.45, 7) is 10.4. The lowest BCUT2D eigenvalue weighted by Crippen LogP contribution is -2.52. The average molecular weight is 334 g/mol. The molecule has 24 heavy (non-hydrogen) atoms. The lowest BCUT2D eigenvalue weighted by atomic mass is 9.63. The zero-order chi connectivity index (χ0) is 18.2. The normalized spacial score (nSPS) is 32.6. The Morgan fingerprint density at radius 1 is 1.12 bits per heavy atom. The summed E-state index contributed by atoms with van der Waals surface area (Å²) in [5, 5.41) is 0. The first-order chi connectivity index (χ1) is 11.1. The average Bonchev–Trinajstić information content (AvgIpc) is 2.69. The summed E-state index contributed by atoms with van der Waals surface area (Å²) >= 11 is 0. The minimum atomic E-state index is -0.685. The second kappa shape index (κ2) is 6.54. The van der Waals surface area contributed by atoms with E-state index in [1.807, 2.05) is 33.8 Å². The van der Waals surface area contributed by atoms with Crippen molar-refractivity contribution in [2.45, 2.75) is 66.6 Å². The van der Waals surface area contributed by atoms with Gasteiger partial charge in [0.05, 0.1) is 0 Å². The van der Waals surface area contributed by atoms with Crippen LogP contribution in [-0.2, 0) is 23.9 Å². The maximum Gasteiger partial charge on any atom is 0.303 e. The molecular weight excluding hydrogens is 308 g/mol. The minimum absolute atomic E-state index is 0.00154. The van der Waals surface area contributed by atoms with Crippen LogP contribution in [0, 0.1) is 11.3 Å².